The summed E-state index contributed by atoms with van der Waals surface area (Å²) < 4.78 is 1.70. The van der Waals surface area contributed by atoms with Gasteiger partial charge in [-0.3, -0.25) is 14.6 Å². The number of hydrogen-bond acceptors (Lipinski definition) is 5. The van der Waals surface area contributed by atoms with Crippen LogP contribution in [-0.2, 0) is 19.4 Å². The first-order valence-electron chi connectivity index (χ1n) is 8.69. The van der Waals surface area contributed by atoms with E-state index < -0.39 is 0 Å². The van der Waals surface area contributed by atoms with Gasteiger partial charge in [0.15, 0.2) is 5.69 Å². The Kier molecular flexibility index (Phi) is 4.44. The van der Waals surface area contributed by atoms with Crippen molar-refractivity contribution in [1.82, 2.24) is 20.0 Å². The zero-order chi connectivity index (χ0) is 18.8. The van der Waals surface area contributed by atoms with Gasteiger partial charge in [0.25, 0.3) is 5.91 Å². The molecule has 27 heavy (non-hydrogen) atoms. The van der Waals surface area contributed by atoms with E-state index in [1.54, 1.807) is 23.1 Å². The Morgan fingerprint density at radius 3 is 3.22 bits per heavy atom. The largest absolute Gasteiger partial charge is 0.393 e. The third kappa shape index (κ3) is 3.59. The molecule has 136 valence electrons. The van der Waals surface area contributed by atoms with Crippen LogP contribution in [0.15, 0.2) is 36.7 Å². The fraction of sp³-hybridized carbons (Fsp3) is 0.263. The minimum atomic E-state index is -0.383. The van der Waals surface area contributed by atoms with E-state index in [0.717, 1.165) is 16.8 Å². The Morgan fingerprint density at radius 2 is 2.37 bits per heavy atom. The topological polar surface area (TPSA) is 120 Å². The van der Waals surface area contributed by atoms with Crippen molar-refractivity contribution in [1.29, 1.82) is 5.26 Å². The molecular formula is C19H18N6O2. The summed E-state index contributed by atoms with van der Waals surface area (Å²) in [6, 6.07) is 9.43. The minimum Gasteiger partial charge on any atom is -0.393 e. The normalized spacial score (nSPS) is 15.8. The van der Waals surface area contributed by atoms with Gasteiger partial charge in [0, 0.05) is 23.9 Å². The molecule has 0 aliphatic heterocycles. The third-order valence-corrected chi connectivity index (χ3v) is 4.63. The first-order chi connectivity index (χ1) is 13.1. The van der Waals surface area contributed by atoms with Gasteiger partial charge in [-0.15, -0.1) is 0 Å². The van der Waals surface area contributed by atoms with Crippen LogP contribution in [0.25, 0.3) is 0 Å². The van der Waals surface area contributed by atoms with Crippen molar-refractivity contribution < 1.29 is 9.90 Å². The fourth-order valence-electron chi connectivity index (χ4n) is 3.31. The summed E-state index contributed by atoms with van der Waals surface area (Å²) in [5.74, 6) is -0.296. The lowest BCUT2D eigenvalue weighted by Crippen LogP contribution is -2.20. The second-order valence-electron chi connectivity index (χ2n) is 6.62. The number of rotatable bonds is 4. The molecule has 1 aliphatic rings. The highest BCUT2D eigenvalue weighted by atomic mass is 16.3. The first kappa shape index (κ1) is 17.0. The van der Waals surface area contributed by atoms with Crippen LogP contribution in [0, 0.1) is 11.3 Å². The summed E-state index contributed by atoms with van der Waals surface area (Å²) in [4.78, 5) is 12.6. The maximum atomic E-state index is 12.6. The Hall–Kier alpha value is -3.44. The van der Waals surface area contributed by atoms with Crippen molar-refractivity contribution in [2.75, 3.05) is 5.32 Å². The number of anilines is 1. The lowest BCUT2D eigenvalue weighted by atomic mass is 9.93. The molecule has 0 radical (unpaired) electrons. The fourth-order valence-corrected chi connectivity index (χ4v) is 3.31. The molecule has 1 unspecified atom stereocenters. The number of benzene rings is 1. The Labute approximate surface area is 155 Å². The molecule has 1 atom stereocenters. The van der Waals surface area contributed by atoms with Crippen LogP contribution in [0.2, 0.25) is 0 Å². The van der Waals surface area contributed by atoms with Crippen molar-refractivity contribution in [3.05, 3.63) is 64.7 Å². The van der Waals surface area contributed by atoms with Crippen molar-refractivity contribution >= 4 is 11.6 Å². The number of nitrogens with one attached hydrogen (secondary N) is 2. The number of H-pyrrole nitrogens is 1. The van der Waals surface area contributed by atoms with E-state index >= 15 is 0 Å². The zero-order valence-corrected chi connectivity index (χ0v) is 14.5. The Morgan fingerprint density at radius 1 is 1.48 bits per heavy atom. The molecule has 0 spiro atoms. The average Bonchev–Trinajstić information content (AvgIpc) is 3.28. The molecule has 1 aliphatic carbocycles. The molecule has 8 heteroatoms. The van der Waals surface area contributed by atoms with E-state index in [4.69, 9.17) is 5.26 Å². The van der Waals surface area contributed by atoms with E-state index in [9.17, 15) is 9.90 Å². The van der Waals surface area contributed by atoms with Crippen molar-refractivity contribution in [2.24, 2.45) is 0 Å². The van der Waals surface area contributed by atoms with Crippen LogP contribution in [0.5, 0.6) is 0 Å². The molecule has 4 rings (SSSR count). The van der Waals surface area contributed by atoms with E-state index in [1.807, 2.05) is 18.2 Å². The quantitative estimate of drug-likeness (QED) is 0.651. The molecule has 0 saturated heterocycles. The van der Waals surface area contributed by atoms with Gasteiger partial charge in [0.1, 0.15) is 0 Å². The van der Waals surface area contributed by atoms with Gasteiger partial charge in [0.05, 0.1) is 36.2 Å². The molecule has 0 fully saturated rings. The number of nitriles is 1. The molecule has 1 amide bonds. The molecule has 3 aromatic rings. The van der Waals surface area contributed by atoms with Crippen LogP contribution < -0.4 is 5.32 Å². The van der Waals surface area contributed by atoms with E-state index in [0.29, 0.717) is 42.8 Å². The van der Waals surface area contributed by atoms with Crippen LogP contribution in [-0.4, -0.2) is 37.1 Å². The van der Waals surface area contributed by atoms with E-state index in [2.05, 4.69) is 26.7 Å². The first-order valence-corrected chi connectivity index (χ1v) is 8.69. The zero-order valence-electron chi connectivity index (χ0n) is 14.5. The van der Waals surface area contributed by atoms with Gasteiger partial charge >= 0.3 is 0 Å². The van der Waals surface area contributed by atoms with Gasteiger partial charge in [-0.25, -0.2) is 0 Å². The number of aliphatic hydroxyl groups excluding tert-OH is 1. The second kappa shape index (κ2) is 7.05. The van der Waals surface area contributed by atoms with E-state index in [1.165, 1.54) is 0 Å². The van der Waals surface area contributed by atoms with Crippen LogP contribution >= 0.6 is 0 Å². The molecule has 0 saturated carbocycles. The van der Waals surface area contributed by atoms with Gasteiger partial charge in [0.2, 0.25) is 0 Å². The number of nitrogens with zero attached hydrogens (tertiary/aromatic N) is 4. The van der Waals surface area contributed by atoms with Gasteiger partial charge in [-0.1, -0.05) is 12.1 Å². The van der Waals surface area contributed by atoms with Crippen molar-refractivity contribution in [2.45, 2.75) is 31.9 Å². The van der Waals surface area contributed by atoms with Gasteiger partial charge < -0.3 is 10.4 Å². The van der Waals surface area contributed by atoms with Crippen molar-refractivity contribution in [3.8, 4) is 6.07 Å². The maximum Gasteiger partial charge on any atom is 0.276 e. The molecule has 2 aromatic heterocycles. The number of aromatic nitrogens is 4. The SMILES string of the molecule is N#Cc1cccc(Cn2cc(NC(=O)c3n[nH]c4c3CCC(O)C4)cn2)c1. The van der Waals surface area contributed by atoms with E-state index in [-0.39, 0.29) is 12.0 Å². The lowest BCUT2D eigenvalue weighted by Gasteiger charge is -2.16. The molecular weight excluding hydrogens is 344 g/mol. The minimum absolute atomic E-state index is 0.296. The number of fused-ring (bicyclic) bond motifs is 1. The predicted octanol–water partition coefficient (Wildman–Crippen LogP) is 1.63. The smallest absolute Gasteiger partial charge is 0.276 e. The highest BCUT2D eigenvalue weighted by Crippen LogP contribution is 2.23. The van der Waals surface area contributed by atoms with Gasteiger partial charge in [-0.2, -0.15) is 15.5 Å². The second-order valence-corrected chi connectivity index (χ2v) is 6.62. The number of aliphatic hydroxyl groups is 1. The number of carbonyl (C=O) groups excluding carboxylic acids is 1. The summed E-state index contributed by atoms with van der Waals surface area (Å²) >= 11 is 0. The monoisotopic (exact) mass is 362 g/mol. The number of aromatic amines is 1. The summed E-state index contributed by atoms with van der Waals surface area (Å²) in [6.45, 7) is 0.501. The van der Waals surface area contributed by atoms with Crippen LogP contribution in [0.4, 0.5) is 5.69 Å². The molecule has 8 nitrogen and oxygen atoms in total. The van der Waals surface area contributed by atoms with Crippen LogP contribution in [0.3, 0.4) is 0 Å². The molecule has 2 heterocycles. The number of amides is 1. The number of carbonyl (C=O) groups is 1. The van der Waals surface area contributed by atoms with Crippen molar-refractivity contribution in [3.63, 3.8) is 0 Å². The predicted molar refractivity (Wildman–Crippen MR) is 97.1 cm³/mol. The Balaban J connectivity index is 1.45. The highest BCUT2D eigenvalue weighted by Gasteiger charge is 2.25. The molecule has 3 N–H and O–H groups in total. The Bertz CT molecular complexity index is 1030. The van der Waals surface area contributed by atoms with Crippen LogP contribution in [0.1, 0.15) is 39.3 Å². The maximum absolute atomic E-state index is 12.6. The summed E-state index contributed by atoms with van der Waals surface area (Å²) in [5.41, 5.74) is 4.19. The number of hydrogen-bond donors (Lipinski definition) is 3. The standard InChI is InChI=1S/C19H18N6O2/c20-8-12-2-1-3-13(6-12)10-25-11-14(9-21-25)22-19(27)18-16-5-4-15(26)7-17(16)23-24-18/h1-3,6,9,11,15,26H,4-5,7,10H2,(H,22,27)(H,23,24). The summed E-state index contributed by atoms with van der Waals surface area (Å²) in [6.07, 6.45) is 4.69. The third-order valence-electron chi connectivity index (χ3n) is 4.63. The highest BCUT2D eigenvalue weighted by molar-refractivity contribution is 6.03. The summed E-state index contributed by atoms with van der Waals surface area (Å²) in [7, 11) is 0. The van der Waals surface area contributed by atoms with Gasteiger partial charge in [-0.05, 0) is 30.5 Å². The summed E-state index contributed by atoms with van der Waals surface area (Å²) in [5, 5.41) is 32.7. The molecule has 1 aromatic carbocycles. The molecule has 0 bridgehead atoms. The average molecular weight is 362 g/mol. The lowest BCUT2D eigenvalue weighted by molar-refractivity contribution is 0.102.